The number of hydrogen-bond donors (Lipinski definition) is 10. The van der Waals surface area contributed by atoms with Gasteiger partial charge in [0.2, 0.25) is 0 Å². The van der Waals surface area contributed by atoms with Crippen LogP contribution < -0.4 is 0 Å². The molecule has 11 N–H and O–H groups in total. The van der Waals surface area contributed by atoms with Crippen molar-refractivity contribution < 1.29 is 84.3 Å². The van der Waals surface area contributed by atoms with E-state index in [1.54, 1.807) is 0 Å². The second-order valence-electron chi connectivity index (χ2n) is 13.3. The molecule has 0 bridgehead atoms. The molecular weight excluding hydrogens is 620 g/mol. The Bertz CT molecular complexity index is 1000. The Morgan fingerprint density at radius 1 is 0.717 bits per heavy atom. The van der Waals surface area contributed by atoms with Crippen LogP contribution >= 0.6 is 0 Å². The van der Waals surface area contributed by atoms with Crippen LogP contribution in [0.2, 0.25) is 0 Å². The van der Waals surface area contributed by atoms with Gasteiger partial charge in [-0.3, -0.25) is 4.79 Å². The van der Waals surface area contributed by atoms with E-state index < -0.39 is 129 Å². The number of carbonyl (C=O) groups is 1. The minimum atomic E-state index is -1.70. The lowest BCUT2D eigenvalue weighted by Crippen LogP contribution is -2.64. The summed E-state index contributed by atoms with van der Waals surface area (Å²) in [5.74, 6) is -1.39. The molecule has 0 amide bonds. The van der Waals surface area contributed by atoms with Crippen molar-refractivity contribution in [2.45, 2.75) is 150 Å². The largest absolute Gasteiger partial charge is 0.463 e. The molecule has 3 aliphatic heterocycles. The van der Waals surface area contributed by atoms with E-state index in [2.05, 4.69) is 0 Å². The molecule has 2 saturated carbocycles. The van der Waals surface area contributed by atoms with Crippen LogP contribution in [0, 0.1) is 11.8 Å². The molecule has 0 aromatic carbocycles. The van der Waals surface area contributed by atoms with Gasteiger partial charge in [-0.15, -0.1) is 0 Å². The summed E-state index contributed by atoms with van der Waals surface area (Å²) in [5, 5.41) is 104. The predicted octanol–water partition coefficient (Wildman–Crippen LogP) is -5.11. The molecule has 266 valence electrons. The SMILES string of the molecule is CC(=O)OC[C@H]1O[C@@H](OC2CC3C(O[C@@H]4O[C@H](CO)[C@@H](O)[C@H](O)[C@H]4O)CC(O)CC3[OH+]C2C2CCC(O)C(O)C2)[C@H](O)[C@@H](O)[C@@H]1O. The summed E-state index contributed by atoms with van der Waals surface area (Å²) in [6.45, 7) is 0.100. The molecule has 5 fully saturated rings. The van der Waals surface area contributed by atoms with Gasteiger partial charge in [0.05, 0.1) is 36.9 Å². The highest BCUT2D eigenvalue weighted by molar-refractivity contribution is 5.65. The lowest BCUT2D eigenvalue weighted by Gasteiger charge is -2.50. The lowest BCUT2D eigenvalue weighted by atomic mass is 9.72. The zero-order valence-electron chi connectivity index (χ0n) is 25.5. The van der Waals surface area contributed by atoms with Crippen molar-refractivity contribution in [3.05, 3.63) is 0 Å². The first-order valence-electron chi connectivity index (χ1n) is 16.0. The fraction of sp³-hybridized carbons (Fsp3) is 0.966. The van der Waals surface area contributed by atoms with Gasteiger partial charge < -0.3 is 79.5 Å². The minimum Gasteiger partial charge on any atom is -0.463 e. The maximum Gasteiger partial charge on any atom is 0.302 e. The lowest BCUT2D eigenvalue weighted by molar-refractivity contribution is -0.367. The van der Waals surface area contributed by atoms with E-state index in [0.29, 0.717) is 12.8 Å². The molecule has 17 nitrogen and oxygen atoms in total. The van der Waals surface area contributed by atoms with Crippen LogP contribution in [-0.4, -0.2) is 179 Å². The van der Waals surface area contributed by atoms with Gasteiger partial charge in [0.25, 0.3) is 0 Å². The summed E-state index contributed by atoms with van der Waals surface area (Å²) in [6.07, 6.45) is -19.3. The van der Waals surface area contributed by atoms with Gasteiger partial charge in [-0.2, -0.15) is 0 Å². The summed E-state index contributed by atoms with van der Waals surface area (Å²) in [6, 6.07) is 0. The van der Waals surface area contributed by atoms with Crippen LogP contribution in [0.25, 0.3) is 0 Å². The van der Waals surface area contributed by atoms with Crippen LogP contribution in [0.4, 0.5) is 0 Å². The van der Waals surface area contributed by atoms with Crippen molar-refractivity contribution in [2.24, 2.45) is 11.8 Å². The third-order valence-corrected chi connectivity index (χ3v) is 10.1. The quantitative estimate of drug-likeness (QED) is 0.0855. The molecule has 0 aromatic rings. The average Bonchev–Trinajstić information content (AvgIpc) is 3.02. The maximum atomic E-state index is 11.4. The molecule has 3 heterocycles. The molecule has 0 spiro atoms. The third-order valence-electron chi connectivity index (χ3n) is 10.1. The Morgan fingerprint density at radius 2 is 1.33 bits per heavy atom. The summed E-state index contributed by atoms with van der Waals surface area (Å²) in [5.41, 5.74) is 0. The molecule has 17 heteroatoms. The molecule has 19 atom stereocenters. The zero-order chi connectivity index (χ0) is 33.4. The van der Waals surface area contributed by atoms with Crippen LogP contribution in [0.15, 0.2) is 0 Å². The number of aliphatic hydroxyl groups excluding tert-OH is 10. The number of aliphatic hydroxyl groups is 12. The minimum absolute atomic E-state index is 0.0926. The van der Waals surface area contributed by atoms with Gasteiger partial charge in [-0.05, 0) is 25.7 Å². The molecule has 0 aromatic heterocycles. The highest BCUT2D eigenvalue weighted by atomic mass is 16.7. The van der Waals surface area contributed by atoms with Crippen molar-refractivity contribution in [1.82, 2.24) is 0 Å². The standard InChI is InChI=1S/C29H48O17/c1-10(31)41-9-20-22(36)24(38)26(40)29(46-20)44-18-7-13-16(42-27(18)11-2-3-14(33)15(34)4-11)5-12(32)6-17(13)43-28-25(39)23(37)21(35)19(8-30)45-28/h11-30,32-40H,2-9H2,1H3/p+1/t11?,12?,13?,14?,15?,16?,17?,18?,19-,20-,21-,22-,23+,24+,25-,26-,27?,28-,29-/m1/s1. The molecule has 2 aliphatic carbocycles. The second-order valence-corrected chi connectivity index (χ2v) is 13.3. The molecular formula is C29H49O17+. The van der Waals surface area contributed by atoms with E-state index in [4.69, 9.17) is 28.4 Å². The van der Waals surface area contributed by atoms with E-state index in [9.17, 15) is 55.9 Å². The van der Waals surface area contributed by atoms with Gasteiger partial charge >= 0.3 is 5.97 Å². The number of ether oxygens (including phenoxy) is 6. The number of hydrogen-bond acceptors (Lipinski definition) is 16. The number of carbonyl (C=O) groups excluding carboxylic acids is 1. The second kappa shape index (κ2) is 15.2. The van der Waals surface area contributed by atoms with Gasteiger partial charge in [0.1, 0.15) is 61.5 Å². The fourth-order valence-corrected chi connectivity index (χ4v) is 7.53. The third kappa shape index (κ3) is 7.69. The van der Waals surface area contributed by atoms with Crippen LogP contribution in [0.3, 0.4) is 0 Å². The smallest absolute Gasteiger partial charge is 0.302 e. The Morgan fingerprint density at radius 3 is 1.93 bits per heavy atom. The molecule has 5 rings (SSSR count). The Balaban J connectivity index is 1.38. The van der Waals surface area contributed by atoms with Crippen molar-refractivity contribution >= 4 is 5.97 Å². The van der Waals surface area contributed by atoms with Crippen LogP contribution in [-0.2, 0) is 28.5 Å². The van der Waals surface area contributed by atoms with Gasteiger partial charge in [0.15, 0.2) is 24.8 Å². The Kier molecular flexibility index (Phi) is 11.9. The summed E-state index contributed by atoms with van der Waals surface area (Å²) in [4.78, 5) is 11.4. The highest BCUT2D eigenvalue weighted by Gasteiger charge is 2.56. The van der Waals surface area contributed by atoms with Crippen molar-refractivity contribution in [1.29, 1.82) is 0 Å². The molecule has 3 saturated heterocycles. The molecule has 0 radical (unpaired) electrons. The maximum absolute atomic E-state index is 11.4. The summed E-state index contributed by atoms with van der Waals surface area (Å²) >= 11 is 0. The topological polar surface area (TPSA) is 278 Å². The number of fused-ring (bicyclic) bond motifs is 1. The monoisotopic (exact) mass is 669 g/mol. The normalized spacial score (nSPS) is 51.7. The first kappa shape index (κ1) is 36.2. The average molecular weight is 670 g/mol. The van der Waals surface area contributed by atoms with E-state index in [1.807, 2.05) is 0 Å². The summed E-state index contributed by atoms with van der Waals surface area (Å²) < 4.78 is 33.7. The van der Waals surface area contributed by atoms with Gasteiger partial charge in [-0.25, -0.2) is 0 Å². The number of rotatable bonds is 8. The molecule has 9 unspecified atom stereocenters. The van der Waals surface area contributed by atoms with E-state index in [0.717, 1.165) is 6.92 Å². The van der Waals surface area contributed by atoms with Crippen molar-refractivity contribution in [2.75, 3.05) is 13.2 Å². The van der Waals surface area contributed by atoms with Crippen LogP contribution in [0.5, 0.6) is 0 Å². The zero-order valence-corrected chi connectivity index (χ0v) is 25.5. The fourth-order valence-electron chi connectivity index (χ4n) is 7.53. The van der Waals surface area contributed by atoms with Gasteiger partial charge in [0, 0.05) is 25.7 Å². The molecule has 46 heavy (non-hydrogen) atoms. The predicted molar refractivity (Wildman–Crippen MR) is 149 cm³/mol. The van der Waals surface area contributed by atoms with E-state index >= 15 is 0 Å². The number of esters is 1. The van der Waals surface area contributed by atoms with E-state index in [-0.39, 0.29) is 31.6 Å². The van der Waals surface area contributed by atoms with E-state index in [1.165, 1.54) is 0 Å². The van der Waals surface area contributed by atoms with Crippen molar-refractivity contribution in [3.63, 3.8) is 0 Å². The summed E-state index contributed by atoms with van der Waals surface area (Å²) in [7, 11) is 0. The molecule has 5 aliphatic rings. The first-order chi connectivity index (χ1) is 21.8. The highest BCUT2D eigenvalue weighted by Crippen LogP contribution is 2.43. The Labute approximate surface area is 265 Å². The van der Waals surface area contributed by atoms with Crippen molar-refractivity contribution in [3.8, 4) is 0 Å². The first-order valence-corrected chi connectivity index (χ1v) is 16.0. The Hall–Kier alpha value is -1.13. The van der Waals surface area contributed by atoms with Crippen LogP contribution in [0.1, 0.15) is 45.4 Å². The van der Waals surface area contributed by atoms with Gasteiger partial charge in [-0.1, -0.05) is 0 Å².